The zero-order valence-electron chi connectivity index (χ0n) is 7.33. The Kier molecular flexibility index (Phi) is 1.94. The molecule has 62 valence electrons. The molecule has 1 atom stereocenters. The van der Waals surface area contributed by atoms with Gasteiger partial charge in [0.05, 0.1) is 5.69 Å². The summed E-state index contributed by atoms with van der Waals surface area (Å²) in [4.78, 5) is 4.40. The summed E-state index contributed by atoms with van der Waals surface area (Å²) >= 11 is 0. The van der Waals surface area contributed by atoms with E-state index in [0.717, 1.165) is 0 Å². The van der Waals surface area contributed by atoms with Crippen molar-refractivity contribution in [3.63, 3.8) is 0 Å². The molecule has 0 aromatic carbocycles. The van der Waals surface area contributed by atoms with Crippen LogP contribution < -0.4 is 0 Å². The summed E-state index contributed by atoms with van der Waals surface area (Å²) in [6, 6.07) is 4.13. The third-order valence-corrected chi connectivity index (χ3v) is 2.33. The summed E-state index contributed by atoms with van der Waals surface area (Å²) in [5.74, 6) is 0.575. The molecule has 0 amide bonds. The van der Waals surface area contributed by atoms with Crippen LogP contribution in [0.25, 0.3) is 6.08 Å². The van der Waals surface area contributed by atoms with E-state index in [1.165, 1.54) is 24.1 Å². The minimum absolute atomic E-state index is 0.575. The number of rotatable bonds is 2. The van der Waals surface area contributed by atoms with E-state index in [2.05, 4.69) is 30.1 Å². The van der Waals surface area contributed by atoms with E-state index in [0.29, 0.717) is 5.92 Å². The van der Waals surface area contributed by atoms with Crippen LogP contribution in [0, 0.1) is 0 Å². The number of fused-ring (bicyclic) bond motifs is 1. The van der Waals surface area contributed by atoms with Crippen molar-refractivity contribution in [1.29, 1.82) is 0 Å². The summed E-state index contributed by atoms with van der Waals surface area (Å²) in [6.07, 6.45) is 8.78. The van der Waals surface area contributed by atoms with E-state index in [9.17, 15) is 0 Å². The van der Waals surface area contributed by atoms with Crippen molar-refractivity contribution >= 4 is 6.08 Å². The van der Waals surface area contributed by atoms with Gasteiger partial charge in [0.2, 0.25) is 0 Å². The Balaban J connectivity index is 2.30. The van der Waals surface area contributed by atoms with Crippen LogP contribution in [-0.2, 0) is 0 Å². The number of allylic oxidation sites excluding steroid dienone is 1. The molecule has 0 radical (unpaired) electrons. The first kappa shape index (κ1) is 7.53. The molecule has 1 aliphatic carbocycles. The number of aromatic nitrogens is 1. The lowest BCUT2D eigenvalue weighted by atomic mass is 10.0. The molecular formula is C11H13N. The highest BCUT2D eigenvalue weighted by Crippen LogP contribution is 2.30. The summed E-state index contributed by atoms with van der Waals surface area (Å²) < 4.78 is 0. The van der Waals surface area contributed by atoms with Gasteiger partial charge >= 0.3 is 0 Å². The molecule has 0 saturated carbocycles. The van der Waals surface area contributed by atoms with Crippen LogP contribution in [0.3, 0.4) is 0 Å². The molecule has 2 rings (SSSR count). The number of nitrogens with zero attached hydrogens (tertiary/aromatic N) is 1. The van der Waals surface area contributed by atoms with Gasteiger partial charge in [0, 0.05) is 12.1 Å². The van der Waals surface area contributed by atoms with Crippen LogP contribution in [0.2, 0.25) is 0 Å². The first-order valence-electron chi connectivity index (χ1n) is 4.55. The Morgan fingerprint density at radius 3 is 3.25 bits per heavy atom. The average Bonchev–Trinajstić information content (AvgIpc) is 2.50. The molecule has 1 aliphatic rings. The summed E-state index contributed by atoms with van der Waals surface area (Å²) in [6.45, 7) is 2.22. The number of pyridine rings is 1. The molecule has 12 heavy (non-hydrogen) atoms. The molecule has 1 nitrogen and oxygen atoms in total. The van der Waals surface area contributed by atoms with Gasteiger partial charge in [0.1, 0.15) is 0 Å². The van der Waals surface area contributed by atoms with E-state index < -0.39 is 0 Å². The van der Waals surface area contributed by atoms with Crippen LogP contribution in [0.15, 0.2) is 24.4 Å². The van der Waals surface area contributed by atoms with E-state index in [-0.39, 0.29) is 0 Å². The van der Waals surface area contributed by atoms with Crippen molar-refractivity contribution in [1.82, 2.24) is 4.98 Å². The van der Waals surface area contributed by atoms with Crippen LogP contribution >= 0.6 is 0 Å². The van der Waals surface area contributed by atoms with Crippen molar-refractivity contribution in [3.05, 3.63) is 35.7 Å². The molecule has 0 N–H and O–H groups in total. The molecule has 0 spiro atoms. The zero-order chi connectivity index (χ0) is 8.39. The Morgan fingerprint density at radius 1 is 1.50 bits per heavy atom. The Morgan fingerprint density at radius 2 is 2.42 bits per heavy atom. The SMILES string of the molecule is CCCC1C=Cc2cccnc21. The van der Waals surface area contributed by atoms with Gasteiger partial charge < -0.3 is 0 Å². The van der Waals surface area contributed by atoms with Crippen LogP contribution in [0.5, 0.6) is 0 Å². The second-order valence-electron chi connectivity index (χ2n) is 3.23. The topological polar surface area (TPSA) is 12.9 Å². The lowest BCUT2D eigenvalue weighted by Gasteiger charge is -2.06. The largest absolute Gasteiger partial charge is 0.260 e. The Labute approximate surface area is 73.1 Å². The second kappa shape index (κ2) is 3.10. The molecule has 1 unspecified atom stereocenters. The lowest BCUT2D eigenvalue weighted by Crippen LogP contribution is -1.95. The van der Waals surface area contributed by atoms with Crippen molar-refractivity contribution in [2.45, 2.75) is 25.7 Å². The molecule has 0 saturated heterocycles. The third kappa shape index (κ3) is 1.15. The van der Waals surface area contributed by atoms with Gasteiger partial charge in [-0.15, -0.1) is 0 Å². The predicted molar refractivity (Wildman–Crippen MR) is 50.9 cm³/mol. The highest BCUT2D eigenvalue weighted by atomic mass is 14.7. The Bertz CT molecular complexity index is 302. The minimum atomic E-state index is 0.575. The van der Waals surface area contributed by atoms with Crippen molar-refractivity contribution in [2.24, 2.45) is 0 Å². The van der Waals surface area contributed by atoms with Gasteiger partial charge in [-0.2, -0.15) is 0 Å². The second-order valence-corrected chi connectivity index (χ2v) is 3.23. The van der Waals surface area contributed by atoms with Gasteiger partial charge in [0.25, 0.3) is 0 Å². The number of hydrogen-bond acceptors (Lipinski definition) is 1. The maximum Gasteiger partial charge on any atom is 0.0544 e. The molecular weight excluding hydrogens is 146 g/mol. The van der Waals surface area contributed by atoms with Crippen LogP contribution in [-0.4, -0.2) is 4.98 Å². The normalized spacial score (nSPS) is 19.6. The highest BCUT2D eigenvalue weighted by molar-refractivity contribution is 5.59. The number of hydrogen-bond donors (Lipinski definition) is 0. The first-order valence-corrected chi connectivity index (χ1v) is 4.55. The van der Waals surface area contributed by atoms with Crippen molar-refractivity contribution in [3.8, 4) is 0 Å². The standard InChI is InChI=1S/C11H13N/c1-2-4-9-6-7-10-5-3-8-12-11(9)10/h3,5-9H,2,4H2,1H3. The molecule has 1 heteroatoms. The monoisotopic (exact) mass is 159 g/mol. The minimum Gasteiger partial charge on any atom is -0.260 e. The maximum atomic E-state index is 4.40. The van der Waals surface area contributed by atoms with Gasteiger partial charge in [-0.25, -0.2) is 0 Å². The lowest BCUT2D eigenvalue weighted by molar-refractivity contribution is 0.708. The fourth-order valence-corrected chi connectivity index (χ4v) is 1.74. The van der Waals surface area contributed by atoms with Crippen LogP contribution in [0.4, 0.5) is 0 Å². The van der Waals surface area contributed by atoms with Gasteiger partial charge in [-0.1, -0.05) is 31.6 Å². The highest BCUT2D eigenvalue weighted by Gasteiger charge is 2.16. The molecule has 0 bridgehead atoms. The summed E-state index contributed by atoms with van der Waals surface area (Å²) in [7, 11) is 0. The third-order valence-electron chi connectivity index (χ3n) is 2.33. The smallest absolute Gasteiger partial charge is 0.0544 e. The fraction of sp³-hybridized carbons (Fsp3) is 0.364. The molecule has 1 heterocycles. The maximum absolute atomic E-state index is 4.40. The zero-order valence-corrected chi connectivity index (χ0v) is 7.33. The summed E-state index contributed by atoms with van der Waals surface area (Å²) in [5.41, 5.74) is 2.57. The molecule has 1 aromatic heterocycles. The van der Waals surface area contributed by atoms with E-state index >= 15 is 0 Å². The van der Waals surface area contributed by atoms with Crippen molar-refractivity contribution in [2.75, 3.05) is 0 Å². The molecule has 1 aromatic rings. The van der Waals surface area contributed by atoms with Gasteiger partial charge in [-0.05, 0) is 18.1 Å². The quantitative estimate of drug-likeness (QED) is 0.646. The average molecular weight is 159 g/mol. The first-order chi connectivity index (χ1) is 5.92. The van der Waals surface area contributed by atoms with Gasteiger partial charge in [0.15, 0.2) is 0 Å². The van der Waals surface area contributed by atoms with E-state index in [4.69, 9.17) is 0 Å². The molecule has 0 aliphatic heterocycles. The Hall–Kier alpha value is -1.11. The summed E-state index contributed by atoms with van der Waals surface area (Å²) in [5, 5.41) is 0. The van der Waals surface area contributed by atoms with Gasteiger partial charge in [-0.3, -0.25) is 4.98 Å². The van der Waals surface area contributed by atoms with Crippen LogP contribution in [0.1, 0.15) is 36.9 Å². The van der Waals surface area contributed by atoms with Crippen molar-refractivity contribution < 1.29 is 0 Å². The van der Waals surface area contributed by atoms with E-state index in [1.54, 1.807) is 0 Å². The van der Waals surface area contributed by atoms with E-state index in [1.807, 2.05) is 12.3 Å². The fourth-order valence-electron chi connectivity index (χ4n) is 1.74. The predicted octanol–water partition coefficient (Wildman–Crippen LogP) is 2.99. The molecule has 0 fully saturated rings.